The molecule has 1 aromatic carbocycles. The Morgan fingerprint density at radius 2 is 2.05 bits per heavy atom. The number of benzene rings is 1. The number of ether oxygens (including phenoxy) is 1. The first-order chi connectivity index (χ1) is 9.80. The van der Waals surface area contributed by atoms with Gasteiger partial charge in [0.25, 0.3) is 0 Å². The van der Waals surface area contributed by atoms with Gasteiger partial charge in [0.05, 0.1) is 6.10 Å². The first kappa shape index (κ1) is 16.8. The molecule has 118 valence electrons. The van der Waals surface area contributed by atoms with Gasteiger partial charge >= 0.3 is 0 Å². The second-order valence-corrected chi connectivity index (χ2v) is 7.71. The average molecular weight is 310 g/mol. The predicted molar refractivity (Wildman–Crippen MR) is 89.8 cm³/mol. The van der Waals surface area contributed by atoms with Gasteiger partial charge in [0.1, 0.15) is 0 Å². The highest BCUT2D eigenvalue weighted by atomic mass is 35.5. The average Bonchev–Trinajstić information content (AvgIpc) is 2.41. The van der Waals surface area contributed by atoms with Crippen molar-refractivity contribution < 1.29 is 4.74 Å². The summed E-state index contributed by atoms with van der Waals surface area (Å²) in [6.45, 7) is 12.0. The van der Waals surface area contributed by atoms with E-state index in [2.05, 4.69) is 46.0 Å². The minimum Gasteiger partial charge on any atom is -0.377 e. The van der Waals surface area contributed by atoms with Gasteiger partial charge in [0.2, 0.25) is 0 Å². The molecule has 0 aliphatic heterocycles. The van der Waals surface area contributed by atoms with E-state index in [0.717, 1.165) is 18.1 Å². The summed E-state index contributed by atoms with van der Waals surface area (Å²) in [7, 11) is 0. The minimum absolute atomic E-state index is 0.182. The first-order valence-corrected chi connectivity index (χ1v) is 8.31. The molecule has 0 aromatic heterocycles. The molecule has 3 heteroatoms. The van der Waals surface area contributed by atoms with Gasteiger partial charge < -0.3 is 10.1 Å². The molecule has 0 radical (unpaired) electrons. The lowest BCUT2D eigenvalue weighted by molar-refractivity contribution is -0.125. The van der Waals surface area contributed by atoms with E-state index < -0.39 is 0 Å². The van der Waals surface area contributed by atoms with Crippen LogP contribution in [-0.2, 0) is 4.74 Å². The van der Waals surface area contributed by atoms with Crippen molar-refractivity contribution in [2.75, 3.05) is 6.61 Å². The van der Waals surface area contributed by atoms with Gasteiger partial charge in [-0.3, -0.25) is 0 Å². The molecule has 0 bridgehead atoms. The van der Waals surface area contributed by atoms with Crippen LogP contribution in [0.25, 0.3) is 0 Å². The van der Waals surface area contributed by atoms with Gasteiger partial charge in [-0.25, -0.2) is 0 Å². The largest absolute Gasteiger partial charge is 0.377 e. The molecular weight excluding hydrogens is 282 g/mol. The Bertz CT molecular complexity index is 472. The molecule has 0 amide bonds. The lowest BCUT2D eigenvalue weighted by Gasteiger charge is -2.53. The number of hydrogen-bond donors (Lipinski definition) is 1. The van der Waals surface area contributed by atoms with Crippen molar-refractivity contribution in [3.8, 4) is 0 Å². The van der Waals surface area contributed by atoms with Gasteiger partial charge in [-0.1, -0.05) is 51.4 Å². The van der Waals surface area contributed by atoms with E-state index in [1.54, 1.807) is 0 Å². The van der Waals surface area contributed by atoms with E-state index in [4.69, 9.17) is 16.3 Å². The molecule has 0 heterocycles. The second-order valence-electron chi connectivity index (χ2n) is 7.27. The molecule has 21 heavy (non-hydrogen) atoms. The Labute approximate surface area is 134 Å². The topological polar surface area (TPSA) is 21.3 Å². The van der Waals surface area contributed by atoms with Crippen LogP contribution in [0.4, 0.5) is 0 Å². The third-order valence-electron chi connectivity index (χ3n) is 4.61. The first-order valence-electron chi connectivity index (χ1n) is 7.93. The summed E-state index contributed by atoms with van der Waals surface area (Å²) >= 11 is 6.08. The molecule has 1 aliphatic rings. The number of halogens is 1. The zero-order chi connectivity index (χ0) is 15.6. The molecule has 2 unspecified atom stereocenters. The van der Waals surface area contributed by atoms with Crippen LogP contribution in [0.1, 0.15) is 52.6 Å². The molecule has 1 N–H and O–H groups in total. The molecule has 1 aliphatic carbocycles. The summed E-state index contributed by atoms with van der Waals surface area (Å²) in [6.07, 6.45) is 1.45. The quantitative estimate of drug-likeness (QED) is 0.812. The fraction of sp³-hybridized carbons (Fsp3) is 0.667. The van der Waals surface area contributed by atoms with Crippen LogP contribution < -0.4 is 5.32 Å². The zero-order valence-corrected chi connectivity index (χ0v) is 14.6. The summed E-state index contributed by atoms with van der Waals surface area (Å²) in [5.74, 6) is 0.596. The maximum absolute atomic E-state index is 6.08. The molecule has 2 rings (SSSR count). The molecule has 0 spiro atoms. The van der Waals surface area contributed by atoms with Crippen molar-refractivity contribution in [1.82, 2.24) is 5.32 Å². The van der Waals surface area contributed by atoms with Crippen molar-refractivity contribution >= 4 is 11.6 Å². The minimum atomic E-state index is 0.182. The standard InChI is InChI=1S/C18H28ClNO/c1-12(2)11-21-17-10-16(18(17,4)5)20-13(3)14-7-6-8-15(19)9-14/h6-9,12-13,16-17,20H,10-11H2,1-5H3/t13-,16?,17?/m0/s1. The van der Waals surface area contributed by atoms with E-state index in [0.29, 0.717) is 24.1 Å². The van der Waals surface area contributed by atoms with Gasteiger partial charge in [-0.2, -0.15) is 0 Å². The highest BCUT2D eigenvalue weighted by Crippen LogP contribution is 2.44. The lowest BCUT2D eigenvalue weighted by Crippen LogP contribution is -2.61. The molecule has 3 atom stereocenters. The zero-order valence-electron chi connectivity index (χ0n) is 13.8. The van der Waals surface area contributed by atoms with E-state index in [1.807, 2.05) is 18.2 Å². The molecule has 0 saturated heterocycles. The van der Waals surface area contributed by atoms with E-state index >= 15 is 0 Å². The van der Waals surface area contributed by atoms with Crippen LogP contribution >= 0.6 is 11.6 Å². The Morgan fingerprint density at radius 3 is 2.62 bits per heavy atom. The van der Waals surface area contributed by atoms with E-state index in [-0.39, 0.29) is 5.41 Å². The summed E-state index contributed by atoms with van der Waals surface area (Å²) in [6, 6.07) is 8.89. The fourth-order valence-electron chi connectivity index (χ4n) is 2.93. The Balaban J connectivity index is 1.90. The highest BCUT2D eigenvalue weighted by Gasteiger charge is 2.49. The number of hydrogen-bond acceptors (Lipinski definition) is 2. The number of nitrogens with one attached hydrogen (secondary N) is 1. The Hall–Kier alpha value is -0.570. The highest BCUT2D eigenvalue weighted by molar-refractivity contribution is 6.30. The number of rotatable bonds is 6. The Morgan fingerprint density at radius 1 is 1.33 bits per heavy atom. The molecule has 1 fully saturated rings. The third kappa shape index (κ3) is 4.00. The van der Waals surface area contributed by atoms with Crippen molar-refractivity contribution in [1.29, 1.82) is 0 Å². The van der Waals surface area contributed by atoms with E-state index in [9.17, 15) is 0 Å². The summed E-state index contributed by atoms with van der Waals surface area (Å²) < 4.78 is 6.03. The molecular formula is C18H28ClNO. The summed E-state index contributed by atoms with van der Waals surface area (Å²) in [5.41, 5.74) is 1.42. The SMILES string of the molecule is CC(C)COC1CC(N[C@@H](C)c2cccc(Cl)c2)C1(C)C. The van der Waals surface area contributed by atoms with Gasteiger partial charge in [0.15, 0.2) is 0 Å². The maximum Gasteiger partial charge on any atom is 0.0656 e. The van der Waals surface area contributed by atoms with Gasteiger partial charge in [0, 0.05) is 29.1 Å². The van der Waals surface area contributed by atoms with Crippen LogP contribution in [0, 0.1) is 11.3 Å². The van der Waals surface area contributed by atoms with Crippen LogP contribution in [-0.4, -0.2) is 18.8 Å². The molecule has 1 aromatic rings. The van der Waals surface area contributed by atoms with Crippen molar-refractivity contribution in [3.05, 3.63) is 34.9 Å². The smallest absolute Gasteiger partial charge is 0.0656 e. The van der Waals surface area contributed by atoms with Crippen LogP contribution in [0.15, 0.2) is 24.3 Å². The third-order valence-corrected chi connectivity index (χ3v) is 4.84. The van der Waals surface area contributed by atoms with E-state index in [1.165, 1.54) is 5.56 Å². The summed E-state index contributed by atoms with van der Waals surface area (Å²) in [4.78, 5) is 0. The fourth-order valence-corrected chi connectivity index (χ4v) is 3.13. The molecule has 2 nitrogen and oxygen atoms in total. The molecule has 1 saturated carbocycles. The summed E-state index contributed by atoms with van der Waals surface area (Å²) in [5, 5.41) is 4.53. The van der Waals surface area contributed by atoms with Crippen molar-refractivity contribution in [3.63, 3.8) is 0 Å². The predicted octanol–water partition coefficient (Wildman–Crippen LogP) is 4.83. The Kier molecular flexibility index (Phi) is 5.34. The van der Waals surface area contributed by atoms with Crippen molar-refractivity contribution in [2.24, 2.45) is 11.3 Å². The van der Waals surface area contributed by atoms with Crippen LogP contribution in [0.5, 0.6) is 0 Å². The van der Waals surface area contributed by atoms with Gasteiger partial charge in [-0.05, 0) is 37.0 Å². The maximum atomic E-state index is 6.08. The second kappa shape index (κ2) is 6.68. The lowest BCUT2D eigenvalue weighted by atomic mass is 9.64. The normalized spacial score (nSPS) is 25.7. The monoisotopic (exact) mass is 309 g/mol. The van der Waals surface area contributed by atoms with Crippen LogP contribution in [0.3, 0.4) is 0 Å². The van der Waals surface area contributed by atoms with Crippen LogP contribution in [0.2, 0.25) is 5.02 Å². The van der Waals surface area contributed by atoms with Gasteiger partial charge in [-0.15, -0.1) is 0 Å². The van der Waals surface area contributed by atoms with Crippen molar-refractivity contribution in [2.45, 2.75) is 59.2 Å².